The molecule has 0 bridgehead atoms. The molecule has 0 aromatic heterocycles. The van der Waals surface area contributed by atoms with Crippen LogP contribution in [0.3, 0.4) is 0 Å². The molecule has 0 radical (unpaired) electrons. The Kier molecular flexibility index (Phi) is 9.24. The van der Waals surface area contributed by atoms with Crippen LogP contribution in [0.4, 0.5) is 0 Å². The average Bonchev–Trinajstić information content (AvgIpc) is 3.08. The molecule has 1 atom stereocenters. The number of hydrogen-bond acceptors (Lipinski definition) is 3. The van der Waals surface area contributed by atoms with Gasteiger partial charge in [-0.3, -0.25) is 9.59 Å². The van der Waals surface area contributed by atoms with Crippen LogP contribution in [-0.2, 0) is 16.1 Å². The van der Waals surface area contributed by atoms with Gasteiger partial charge in [0.1, 0.15) is 17.7 Å². The number of halogens is 2. The van der Waals surface area contributed by atoms with Gasteiger partial charge < -0.3 is 15.0 Å². The van der Waals surface area contributed by atoms with E-state index in [2.05, 4.69) is 5.32 Å². The molecule has 0 heterocycles. The van der Waals surface area contributed by atoms with Crippen molar-refractivity contribution in [2.24, 2.45) is 0 Å². The number of alkyl halides is 1. The number of hydrogen-bond donors (Lipinski definition) is 1. The van der Waals surface area contributed by atoms with E-state index in [-0.39, 0.29) is 30.3 Å². The summed E-state index contributed by atoms with van der Waals surface area (Å²) in [5.41, 5.74) is 1.45. The van der Waals surface area contributed by atoms with E-state index >= 15 is 0 Å². The molecule has 1 aliphatic carbocycles. The van der Waals surface area contributed by atoms with Crippen LogP contribution in [-0.4, -0.2) is 35.7 Å². The fourth-order valence-corrected chi connectivity index (χ4v) is 4.52. The lowest BCUT2D eigenvalue weighted by Gasteiger charge is -2.32. The van der Waals surface area contributed by atoms with E-state index < -0.39 is 6.04 Å². The predicted octanol–water partition coefficient (Wildman–Crippen LogP) is 5.50. The molecule has 2 amide bonds. The highest BCUT2D eigenvalue weighted by atomic mass is 35.5. The SMILES string of the molecule is COc1ccc([C@@H](C(=O)NC2CCCCCC2)N(Cc2ccccc2Cl)C(=O)CCl)cc1. The van der Waals surface area contributed by atoms with E-state index in [1.807, 2.05) is 30.3 Å². The third-order valence-electron chi connectivity index (χ3n) is 5.93. The number of nitrogens with zero attached hydrogens (tertiary/aromatic N) is 1. The van der Waals surface area contributed by atoms with Crippen molar-refractivity contribution in [3.05, 3.63) is 64.7 Å². The van der Waals surface area contributed by atoms with Crippen LogP contribution in [0.5, 0.6) is 5.75 Å². The van der Waals surface area contributed by atoms with Crippen molar-refractivity contribution in [1.82, 2.24) is 10.2 Å². The van der Waals surface area contributed by atoms with Gasteiger partial charge in [0.15, 0.2) is 0 Å². The zero-order valence-corrected chi connectivity index (χ0v) is 19.9. The lowest BCUT2D eigenvalue weighted by molar-refractivity contribution is -0.140. The summed E-state index contributed by atoms with van der Waals surface area (Å²) in [7, 11) is 1.59. The Morgan fingerprint density at radius 3 is 2.31 bits per heavy atom. The van der Waals surface area contributed by atoms with E-state index in [9.17, 15) is 9.59 Å². The molecule has 32 heavy (non-hydrogen) atoms. The highest BCUT2D eigenvalue weighted by Crippen LogP contribution is 2.29. The Labute approximate surface area is 200 Å². The molecule has 3 rings (SSSR count). The molecule has 1 N–H and O–H groups in total. The molecule has 7 heteroatoms. The third kappa shape index (κ3) is 6.39. The average molecular weight is 477 g/mol. The summed E-state index contributed by atoms with van der Waals surface area (Å²) >= 11 is 12.3. The summed E-state index contributed by atoms with van der Waals surface area (Å²) in [5.74, 6) is -0.0811. The fourth-order valence-electron chi connectivity index (χ4n) is 4.17. The molecular formula is C25H30Cl2N2O3. The molecule has 1 fully saturated rings. The number of carbonyl (C=O) groups is 2. The lowest BCUT2D eigenvalue weighted by atomic mass is 10.0. The topological polar surface area (TPSA) is 58.6 Å². The fraction of sp³-hybridized carbons (Fsp3) is 0.440. The van der Waals surface area contributed by atoms with E-state index in [0.717, 1.165) is 31.2 Å². The van der Waals surface area contributed by atoms with Crippen LogP contribution < -0.4 is 10.1 Å². The second-order valence-electron chi connectivity index (χ2n) is 8.12. The number of ether oxygens (including phenoxy) is 1. The van der Waals surface area contributed by atoms with Crippen molar-refractivity contribution >= 4 is 35.0 Å². The Balaban J connectivity index is 1.95. The van der Waals surface area contributed by atoms with E-state index in [0.29, 0.717) is 16.3 Å². The quantitative estimate of drug-likeness (QED) is 0.404. The Bertz CT molecular complexity index is 896. The van der Waals surface area contributed by atoms with Gasteiger partial charge in [0.05, 0.1) is 7.11 Å². The minimum absolute atomic E-state index is 0.110. The van der Waals surface area contributed by atoms with Gasteiger partial charge in [0.25, 0.3) is 0 Å². The van der Waals surface area contributed by atoms with Gasteiger partial charge in [-0.1, -0.05) is 67.6 Å². The largest absolute Gasteiger partial charge is 0.497 e. The van der Waals surface area contributed by atoms with Crippen molar-refractivity contribution in [2.75, 3.05) is 13.0 Å². The van der Waals surface area contributed by atoms with Gasteiger partial charge >= 0.3 is 0 Å². The van der Waals surface area contributed by atoms with Gasteiger partial charge in [-0.05, 0) is 42.2 Å². The second-order valence-corrected chi connectivity index (χ2v) is 8.79. The molecule has 172 valence electrons. The van der Waals surface area contributed by atoms with Crippen LogP contribution >= 0.6 is 23.2 Å². The van der Waals surface area contributed by atoms with E-state index in [1.54, 1.807) is 25.3 Å². The van der Waals surface area contributed by atoms with Crippen LogP contribution in [0.1, 0.15) is 55.7 Å². The van der Waals surface area contributed by atoms with Crippen molar-refractivity contribution in [3.8, 4) is 5.75 Å². The molecule has 5 nitrogen and oxygen atoms in total. The summed E-state index contributed by atoms with van der Waals surface area (Å²) in [5, 5.41) is 3.75. The van der Waals surface area contributed by atoms with Gasteiger partial charge in [0, 0.05) is 17.6 Å². The molecule has 0 spiro atoms. The lowest BCUT2D eigenvalue weighted by Crippen LogP contribution is -2.46. The first-order valence-corrected chi connectivity index (χ1v) is 12.0. The number of methoxy groups -OCH3 is 1. The maximum absolute atomic E-state index is 13.6. The van der Waals surface area contributed by atoms with E-state index in [1.165, 1.54) is 17.7 Å². The molecular weight excluding hydrogens is 447 g/mol. The summed E-state index contributed by atoms with van der Waals surface area (Å²) in [6, 6.07) is 13.8. The molecule has 2 aromatic rings. The first kappa shape index (κ1) is 24.4. The van der Waals surface area contributed by atoms with E-state index in [4.69, 9.17) is 27.9 Å². The van der Waals surface area contributed by atoms with Crippen LogP contribution in [0.2, 0.25) is 5.02 Å². The second kappa shape index (κ2) is 12.1. The van der Waals surface area contributed by atoms with Crippen molar-refractivity contribution in [3.63, 3.8) is 0 Å². The Morgan fingerprint density at radius 1 is 1.06 bits per heavy atom. The predicted molar refractivity (Wildman–Crippen MR) is 128 cm³/mol. The van der Waals surface area contributed by atoms with Gasteiger partial charge in [-0.15, -0.1) is 11.6 Å². The minimum Gasteiger partial charge on any atom is -0.497 e. The highest BCUT2D eigenvalue weighted by molar-refractivity contribution is 6.31. The molecule has 0 saturated heterocycles. The number of nitrogens with one attached hydrogen (secondary N) is 1. The first-order chi connectivity index (χ1) is 15.5. The zero-order chi connectivity index (χ0) is 22.9. The third-order valence-corrected chi connectivity index (χ3v) is 6.52. The maximum atomic E-state index is 13.6. The summed E-state index contributed by atoms with van der Waals surface area (Å²) in [4.78, 5) is 28.1. The molecule has 2 aromatic carbocycles. The number of benzene rings is 2. The molecule has 1 aliphatic rings. The normalized spacial score (nSPS) is 15.5. The zero-order valence-electron chi connectivity index (χ0n) is 18.4. The van der Waals surface area contributed by atoms with Crippen LogP contribution in [0.15, 0.2) is 48.5 Å². The Hall–Kier alpha value is -2.24. The number of amides is 2. The number of rotatable bonds is 8. The van der Waals surface area contributed by atoms with Gasteiger partial charge in [-0.25, -0.2) is 0 Å². The van der Waals surface area contributed by atoms with Crippen molar-refractivity contribution < 1.29 is 14.3 Å². The molecule has 0 aliphatic heterocycles. The maximum Gasteiger partial charge on any atom is 0.247 e. The monoisotopic (exact) mass is 476 g/mol. The minimum atomic E-state index is -0.827. The van der Waals surface area contributed by atoms with Gasteiger partial charge in [-0.2, -0.15) is 0 Å². The molecule has 1 saturated carbocycles. The Morgan fingerprint density at radius 2 is 1.72 bits per heavy atom. The van der Waals surface area contributed by atoms with Crippen molar-refractivity contribution in [2.45, 2.75) is 57.2 Å². The van der Waals surface area contributed by atoms with Gasteiger partial charge in [0.2, 0.25) is 11.8 Å². The van der Waals surface area contributed by atoms with Crippen LogP contribution in [0, 0.1) is 0 Å². The molecule has 0 unspecified atom stereocenters. The smallest absolute Gasteiger partial charge is 0.247 e. The summed E-state index contributed by atoms with van der Waals surface area (Å²) in [6.45, 7) is 0.181. The number of carbonyl (C=O) groups excluding carboxylic acids is 2. The summed E-state index contributed by atoms with van der Waals surface area (Å²) in [6.07, 6.45) is 6.49. The summed E-state index contributed by atoms with van der Waals surface area (Å²) < 4.78 is 5.27. The van der Waals surface area contributed by atoms with Crippen LogP contribution in [0.25, 0.3) is 0 Å². The highest BCUT2D eigenvalue weighted by Gasteiger charge is 2.33. The van der Waals surface area contributed by atoms with Crippen molar-refractivity contribution in [1.29, 1.82) is 0 Å². The first-order valence-electron chi connectivity index (χ1n) is 11.1. The standard InChI is InChI=1S/C25H30Cl2N2O3/c1-32-21-14-12-18(13-15-21)24(25(31)28-20-9-4-2-3-5-10-20)29(23(30)16-26)17-19-8-6-7-11-22(19)27/h6-8,11-15,20,24H,2-5,9-10,16-17H2,1H3,(H,28,31)/t24-/m0/s1.